The molecule has 0 aliphatic carbocycles. The van der Waals surface area contributed by atoms with E-state index in [1.54, 1.807) is 14.2 Å². The van der Waals surface area contributed by atoms with Gasteiger partial charge in [0.05, 0.1) is 7.11 Å². The molecular formula is C21H26FIN4O. The Hall–Kier alpha value is -2.29. The van der Waals surface area contributed by atoms with Gasteiger partial charge in [-0.3, -0.25) is 4.99 Å². The number of aromatic amines is 1. The number of nitrogens with zero attached hydrogens (tertiary/aromatic N) is 2. The van der Waals surface area contributed by atoms with E-state index in [2.05, 4.69) is 20.2 Å². The number of guanidine groups is 1. The lowest BCUT2D eigenvalue weighted by Crippen LogP contribution is -2.39. The van der Waals surface area contributed by atoms with Crippen LogP contribution in [0.1, 0.15) is 11.1 Å². The number of methoxy groups -OCH3 is 1. The highest BCUT2D eigenvalue weighted by Crippen LogP contribution is 2.19. The number of aliphatic imine (C=N–C) groups is 1. The lowest BCUT2D eigenvalue weighted by molar-refractivity contribution is 0.414. The van der Waals surface area contributed by atoms with Crippen molar-refractivity contribution in [1.82, 2.24) is 15.2 Å². The van der Waals surface area contributed by atoms with E-state index in [1.165, 1.54) is 17.7 Å². The molecule has 0 fully saturated rings. The molecule has 0 unspecified atom stereocenters. The Labute approximate surface area is 182 Å². The van der Waals surface area contributed by atoms with Crippen LogP contribution in [0, 0.1) is 5.82 Å². The second-order valence-corrected chi connectivity index (χ2v) is 6.43. The summed E-state index contributed by atoms with van der Waals surface area (Å²) in [6.45, 7) is 1.49. The zero-order valence-electron chi connectivity index (χ0n) is 16.3. The zero-order valence-corrected chi connectivity index (χ0v) is 18.7. The average molecular weight is 496 g/mol. The number of benzene rings is 2. The molecule has 0 saturated carbocycles. The van der Waals surface area contributed by atoms with E-state index in [4.69, 9.17) is 4.74 Å². The third-order valence-corrected chi connectivity index (χ3v) is 4.56. The molecule has 0 spiro atoms. The Morgan fingerprint density at radius 3 is 2.64 bits per heavy atom. The lowest BCUT2D eigenvalue weighted by atomic mass is 10.1. The summed E-state index contributed by atoms with van der Waals surface area (Å²) in [6, 6.07) is 12.9. The summed E-state index contributed by atoms with van der Waals surface area (Å²) in [5, 5.41) is 4.44. The molecule has 150 valence electrons. The van der Waals surface area contributed by atoms with Crippen LogP contribution in [0.2, 0.25) is 0 Å². The highest BCUT2D eigenvalue weighted by molar-refractivity contribution is 14.0. The molecule has 28 heavy (non-hydrogen) atoms. The number of halogens is 2. The van der Waals surface area contributed by atoms with Crippen molar-refractivity contribution in [2.45, 2.75) is 13.0 Å². The van der Waals surface area contributed by atoms with Crippen LogP contribution in [0.15, 0.2) is 53.7 Å². The predicted octanol–water partition coefficient (Wildman–Crippen LogP) is 4.18. The number of fused-ring (bicyclic) bond motifs is 1. The second kappa shape index (κ2) is 10.3. The Bertz CT molecular complexity index is 924. The molecule has 5 nitrogen and oxygen atoms in total. The summed E-state index contributed by atoms with van der Waals surface area (Å²) < 4.78 is 18.5. The molecule has 3 aromatic rings. The van der Waals surface area contributed by atoms with Gasteiger partial charge in [-0.05, 0) is 47.9 Å². The first-order valence-corrected chi connectivity index (χ1v) is 8.91. The van der Waals surface area contributed by atoms with E-state index in [0.29, 0.717) is 0 Å². The monoisotopic (exact) mass is 496 g/mol. The number of hydrogen-bond acceptors (Lipinski definition) is 2. The van der Waals surface area contributed by atoms with E-state index >= 15 is 0 Å². The van der Waals surface area contributed by atoms with Crippen molar-refractivity contribution in [2.75, 3.05) is 27.7 Å². The van der Waals surface area contributed by atoms with Gasteiger partial charge < -0.3 is 19.9 Å². The molecule has 2 aromatic carbocycles. The van der Waals surface area contributed by atoms with Crippen molar-refractivity contribution in [3.63, 3.8) is 0 Å². The highest BCUT2D eigenvalue weighted by Gasteiger charge is 2.08. The van der Waals surface area contributed by atoms with Gasteiger partial charge >= 0.3 is 0 Å². The molecule has 0 radical (unpaired) electrons. The minimum absolute atomic E-state index is 0. The number of ether oxygens (including phenoxy) is 1. The van der Waals surface area contributed by atoms with Crippen LogP contribution in [-0.4, -0.2) is 43.6 Å². The molecule has 0 aliphatic heterocycles. The SMILES string of the molecule is CN=C(NCCc1c[nH]c2cc(F)ccc12)N(C)Cc1ccc(OC)cc1.I. The van der Waals surface area contributed by atoms with Crippen LogP contribution in [0.5, 0.6) is 5.75 Å². The Morgan fingerprint density at radius 2 is 1.96 bits per heavy atom. The van der Waals surface area contributed by atoms with Gasteiger partial charge in [0.15, 0.2) is 5.96 Å². The molecule has 0 bridgehead atoms. The van der Waals surface area contributed by atoms with Gasteiger partial charge in [0, 0.05) is 44.3 Å². The van der Waals surface area contributed by atoms with Gasteiger partial charge in [0.1, 0.15) is 11.6 Å². The maximum Gasteiger partial charge on any atom is 0.193 e. The summed E-state index contributed by atoms with van der Waals surface area (Å²) in [6.07, 6.45) is 2.76. The van der Waals surface area contributed by atoms with Gasteiger partial charge in [-0.2, -0.15) is 0 Å². The maximum atomic E-state index is 13.3. The normalized spacial score (nSPS) is 11.2. The first kappa shape index (κ1) is 22.0. The molecule has 0 aliphatic rings. The van der Waals surface area contributed by atoms with Gasteiger partial charge in [-0.15, -0.1) is 24.0 Å². The third-order valence-electron chi connectivity index (χ3n) is 4.56. The highest BCUT2D eigenvalue weighted by atomic mass is 127. The van der Waals surface area contributed by atoms with Crippen LogP contribution in [-0.2, 0) is 13.0 Å². The van der Waals surface area contributed by atoms with E-state index in [-0.39, 0.29) is 29.8 Å². The van der Waals surface area contributed by atoms with Crippen molar-refractivity contribution in [3.8, 4) is 5.75 Å². The fourth-order valence-corrected chi connectivity index (χ4v) is 3.14. The van der Waals surface area contributed by atoms with Crippen LogP contribution in [0.4, 0.5) is 4.39 Å². The molecule has 1 heterocycles. The molecule has 7 heteroatoms. The van der Waals surface area contributed by atoms with Crippen molar-refractivity contribution >= 4 is 40.8 Å². The smallest absolute Gasteiger partial charge is 0.193 e. The maximum absolute atomic E-state index is 13.3. The predicted molar refractivity (Wildman–Crippen MR) is 123 cm³/mol. The summed E-state index contributed by atoms with van der Waals surface area (Å²) in [4.78, 5) is 9.56. The Kier molecular flexibility index (Phi) is 8.10. The average Bonchev–Trinajstić information content (AvgIpc) is 3.07. The van der Waals surface area contributed by atoms with E-state index in [0.717, 1.165) is 47.7 Å². The summed E-state index contributed by atoms with van der Waals surface area (Å²) >= 11 is 0. The van der Waals surface area contributed by atoms with Crippen LogP contribution in [0.3, 0.4) is 0 Å². The van der Waals surface area contributed by atoms with Crippen molar-refractivity contribution in [1.29, 1.82) is 0 Å². The van der Waals surface area contributed by atoms with E-state index < -0.39 is 0 Å². The zero-order chi connectivity index (χ0) is 19.2. The number of hydrogen-bond donors (Lipinski definition) is 2. The standard InChI is InChI=1S/C21H25FN4O.HI/c1-23-21(26(2)14-15-4-7-18(27-3)8-5-15)24-11-10-16-13-25-20-12-17(22)6-9-19(16)20;/h4-9,12-13,25H,10-11,14H2,1-3H3,(H,23,24);1H. The summed E-state index contributed by atoms with van der Waals surface area (Å²) in [5.41, 5.74) is 3.16. The van der Waals surface area contributed by atoms with Crippen LogP contribution < -0.4 is 10.1 Å². The van der Waals surface area contributed by atoms with E-state index in [9.17, 15) is 4.39 Å². The van der Waals surface area contributed by atoms with Crippen molar-refractivity contribution in [2.24, 2.45) is 4.99 Å². The quantitative estimate of drug-likeness (QED) is 0.306. The molecule has 0 amide bonds. The minimum Gasteiger partial charge on any atom is -0.497 e. The van der Waals surface area contributed by atoms with Crippen molar-refractivity contribution < 1.29 is 9.13 Å². The fraction of sp³-hybridized carbons (Fsp3) is 0.286. The molecule has 3 rings (SSSR count). The third kappa shape index (κ3) is 5.37. The number of H-pyrrole nitrogens is 1. The van der Waals surface area contributed by atoms with Gasteiger partial charge in [0.2, 0.25) is 0 Å². The largest absolute Gasteiger partial charge is 0.497 e. The first-order valence-electron chi connectivity index (χ1n) is 8.91. The lowest BCUT2D eigenvalue weighted by Gasteiger charge is -2.22. The Morgan fingerprint density at radius 1 is 1.21 bits per heavy atom. The Balaban J connectivity index is 0.00000280. The number of rotatable bonds is 6. The van der Waals surface area contributed by atoms with Gasteiger partial charge in [-0.1, -0.05) is 12.1 Å². The summed E-state index contributed by atoms with van der Waals surface area (Å²) in [5.74, 6) is 1.45. The van der Waals surface area contributed by atoms with Gasteiger partial charge in [-0.25, -0.2) is 4.39 Å². The fourth-order valence-electron chi connectivity index (χ4n) is 3.14. The topological polar surface area (TPSA) is 52.7 Å². The number of nitrogens with one attached hydrogen (secondary N) is 2. The molecule has 2 N–H and O–H groups in total. The van der Waals surface area contributed by atoms with Crippen LogP contribution in [0.25, 0.3) is 10.9 Å². The first-order chi connectivity index (χ1) is 13.1. The second-order valence-electron chi connectivity index (χ2n) is 6.43. The molecule has 0 atom stereocenters. The van der Waals surface area contributed by atoms with Gasteiger partial charge in [0.25, 0.3) is 0 Å². The van der Waals surface area contributed by atoms with Crippen LogP contribution >= 0.6 is 24.0 Å². The molecule has 1 aromatic heterocycles. The minimum atomic E-state index is -0.227. The van der Waals surface area contributed by atoms with E-state index in [1.807, 2.05) is 43.6 Å². The number of aromatic nitrogens is 1. The molecule has 0 saturated heterocycles. The van der Waals surface area contributed by atoms with Crippen molar-refractivity contribution in [3.05, 3.63) is 65.6 Å². The summed E-state index contributed by atoms with van der Waals surface area (Å²) in [7, 11) is 5.45. The molecular weight excluding hydrogens is 470 g/mol.